The summed E-state index contributed by atoms with van der Waals surface area (Å²) in [6.07, 6.45) is 0. The van der Waals surface area contributed by atoms with Crippen LogP contribution in [0.4, 0.5) is 0 Å². The van der Waals surface area contributed by atoms with E-state index in [0.717, 1.165) is 56.2 Å². The summed E-state index contributed by atoms with van der Waals surface area (Å²) in [4.78, 5) is 3.52. The van der Waals surface area contributed by atoms with Gasteiger partial charge in [-0.1, -0.05) is 42.5 Å². The zero-order valence-corrected chi connectivity index (χ0v) is 16.8. The SMILES string of the molecule is COc1ccc(-c2[nH]c3n[nH]c(-c4ccccc4)c3c2-c2ccc(OC)cc2)cc1. The molecule has 0 unspecified atom stereocenters. The molecular weight excluding hydrogens is 374 g/mol. The summed E-state index contributed by atoms with van der Waals surface area (Å²) in [5.74, 6) is 1.65. The van der Waals surface area contributed by atoms with Crippen LogP contribution in [0.1, 0.15) is 0 Å². The molecule has 0 saturated carbocycles. The first-order valence-electron chi connectivity index (χ1n) is 9.73. The molecule has 5 rings (SSSR count). The van der Waals surface area contributed by atoms with E-state index in [4.69, 9.17) is 9.47 Å². The Bertz CT molecular complexity index is 1280. The van der Waals surface area contributed by atoms with E-state index >= 15 is 0 Å². The number of fused-ring (bicyclic) bond motifs is 1. The van der Waals surface area contributed by atoms with Gasteiger partial charge in [-0.15, -0.1) is 0 Å². The van der Waals surface area contributed by atoms with Crippen molar-refractivity contribution in [2.45, 2.75) is 0 Å². The quantitative estimate of drug-likeness (QED) is 0.389. The molecule has 0 aliphatic heterocycles. The molecule has 5 heteroatoms. The summed E-state index contributed by atoms with van der Waals surface area (Å²) in [6, 6.07) is 26.4. The minimum Gasteiger partial charge on any atom is -0.497 e. The molecule has 0 amide bonds. The second-order valence-electron chi connectivity index (χ2n) is 7.02. The van der Waals surface area contributed by atoms with E-state index < -0.39 is 0 Å². The molecule has 3 aromatic carbocycles. The number of hydrogen-bond acceptors (Lipinski definition) is 3. The third-order valence-corrected chi connectivity index (χ3v) is 5.33. The van der Waals surface area contributed by atoms with Gasteiger partial charge in [0.2, 0.25) is 0 Å². The maximum absolute atomic E-state index is 5.35. The highest BCUT2D eigenvalue weighted by Crippen LogP contribution is 2.42. The zero-order chi connectivity index (χ0) is 20.5. The van der Waals surface area contributed by atoms with Crippen LogP contribution in [-0.4, -0.2) is 29.4 Å². The van der Waals surface area contributed by atoms with Crippen LogP contribution in [0, 0.1) is 0 Å². The predicted molar refractivity (Wildman–Crippen MR) is 120 cm³/mol. The number of benzene rings is 3. The molecule has 0 bridgehead atoms. The molecule has 148 valence electrons. The Hall–Kier alpha value is -3.99. The van der Waals surface area contributed by atoms with Crippen LogP contribution in [0.2, 0.25) is 0 Å². The van der Waals surface area contributed by atoms with Gasteiger partial charge in [-0.25, -0.2) is 0 Å². The minimum absolute atomic E-state index is 0.825. The molecule has 2 aromatic heterocycles. The lowest BCUT2D eigenvalue weighted by Crippen LogP contribution is -1.88. The summed E-state index contributed by atoms with van der Waals surface area (Å²) in [6.45, 7) is 0. The number of aromatic amines is 2. The van der Waals surface area contributed by atoms with Gasteiger partial charge in [-0.05, 0) is 47.5 Å². The summed E-state index contributed by atoms with van der Waals surface area (Å²) in [5, 5.41) is 8.85. The molecular formula is C25H21N3O2. The molecule has 0 aliphatic carbocycles. The number of nitrogens with zero attached hydrogens (tertiary/aromatic N) is 1. The van der Waals surface area contributed by atoms with Crippen molar-refractivity contribution >= 4 is 11.0 Å². The molecule has 0 aliphatic rings. The molecule has 2 heterocycles. The second kappa shape index (κ2) is 7.44. The highest BCUT2D eigenvalue weighted by molar-refractivity contribution is 6.09. The summed E-state index contributed by atoms with van der Waals surface area (Å²) < 4.78 is 10.7. The van der Waals surface area contributed by atoms with Crippen molar-refractivity contribution in [1.82, 2.24) is 15.2 Å². The Morgan fingerprint density at radius 1 is 0.633 bits per heavy atom. The Labute approximate surface area is 174 Å². The molecule has 30 heavy (non-hydrogen) atoms. The van der Waals surface area contributed by atoms with E-state index in [9.17, 15) is 0 Å². The van der Waals surface area contributed by atoms with Crippen LogP contribution in [0.3, 0.4) is 0 Å². The van der Waals surface area contributed by atoms with Crippen molar-refractivity contribution in [3.8, 4) is 45.1 Å². The maximum Gasteiger partial charge on any atom is 0.160 e. The van der Waals surface area contributed by atoms with E-state index in [1.54, 1.807) is 14.2 Å². The van der Waals surface area contributed by atoms with Crippen LogP contribution >= 0.6 is 0 Å². The number of ether oxygens (including phenoxy) is 2. The largest absolute Gasteiger partial charge is 0.497 e. The Morgan fingerprint density at radius 2 is 1.20 bits per heavy atom. The normalized spacial score (nSPS) is 11.0. The van der Waals surface area contributed by atoms with Crippen molar-refractivity contribution in [1.29, 1.82) is 0 Å². The van der Waals surface area contributed by atoms with Gasteiger partial charge in [0.15, 0.2) is 5.65 Å². The molecule has 5 aromatic rings. The lowest BCUT2D eigenvalue weighted by molar-refractivity contribution is 0.414. The molecule has 0 spiro atoms. The molecule has 0 saturated heterocycles. The number of aromatic nitrogens is 3. The van der Waals surface area contributed by atoms with Gasteiger partial charge in [-0.2, -0.15) is 5.10 Å². The van der Waals surface area contributed by atoms with E-state index in [0.29, 0.717) is 0 Å². The van der Waals surface area contributed by atoms with Gasteiger partial charge in [0.05, 0.1) is 31.0 Å². The first kappa shape index (κ1) is 18.1. The number of methoxy groups -OCH3 is 2. The molecule has 0 atom stereocenters. The fourth-order valence-electron chi connectivity index (χ4n) is 3.82. The van der Waals surface area contributed by atoms with Crippen LogP contribution in [0.15, 0.2) is 78.9 Å². The van der Waals surface area contributed by atoms with Gasteiger partial charge in [-0.3, -0.25) is 5.10 Å². The smallest absolute Gasteiger partial charge is 0.160 e. The number of hydrogen-bond donors (Lipinski definition) is 2. The van der Waals surface area contributed by atoms with Gasteiger partial charge in [0.1, 0.15) is 11.5 Å². The minimum atomic E-state index is 0.825. The van der Waals surface area contributed by atoms with Crippen molar-refractivity contribution < 1.29 is 9.47 Å². The second-order valence-corrected chi connectivity index (χ2v) is 7.02. The average molecular weight is 395 g/mol. The van der Waals surface area contributed by atoms with E-state index in [-0.39, 0.29) is 0 Å². The number of nitrogens with one attached hydrogen (secondary N) is 2. The van der Waals surface area contributed by atoms with Crippen LogP contribution in [0.5, 0.6) is 11.5 Å². The number of H-pyrrole nitrogens is 2. The van der Waals surface area contributed by atoms with Crippen molar-refractivity contribution in [3.05, 3.63) is 78.9 Å². The summed E-state index contributed by atoms with van der Waals surface area (Å²) in [7, 11) is 3.35. The highest BCUT2D eigenvalue weighted by atomic mass is 16.5. The average Bonchev–Trinajstić information content (AvgIpc) is 3.39. The molecule has 0 fully saturated rings. The summed E-state index contributed by atoms with van der Waals surface area (Å²) >= 11 is 0. The topological polar surface area (TPSA) is 62.9 Å². The summed E-state index contributed by atoms with van der Waals surface area (Å²) in [5.41, 5.74) is 7.19. The molecule has 2 N–H and O–H groups in total. The van der Waals surface area contributed by atoms with E-state index in [2.05, 4.69) is 51.6 Å². The van der Waals surface area contributed by atoms with Gasteiger partial charge >= 0.3 is 0 Å². The first-order valence-corrected chi connectivity index (χ1v) is 9.73. The third kappa shape index (κ3) is 3.01. The van der Waals surface area contributed by atoms with E-state index in [1.807, 2.05) is 42.5 Å². The standard InChI is InChI=1S/C25H21N3O2/c1-29-19-12-8-16(9-13-19)21-22-24(17-6-4-3-5-7-17)27-28-25(22)26-23(21)18-10-14-20(30-2)15-11-18/h3-15H,1-2H3,(H2,26,27,28). The Morgan fingerprint density at radius 3 is 1.80 bits per heavy atom. The zero-order valence-electron chi connectivity index (χ0n) is 16.8. The molecule has 5 nitrogen and oxygen atoms in total. The van der Waals surface area contributed by atoms with Crippen molar-refractivity contribution in [3.63, 3.8) is 0 Å². The Kier molecular flexibility index (Phi) is 4.48. The van der Waals surface area contributed by atoms with Gasteiger partial charge < -0.3 is 14.5 Å². The van der Waals surface area contributed by atoms with E-state index in [1.165, 1.54) is 0 Å². The van der Waals surface area contributed by atoms with Crippen molar-refractivity contribution in [2.24, 2.45) is 0 Å². The third-order valence-electron chi connectivity index (χ3n) is 5.33. The molecule has 0 radical (unpaired) electrons. The maximum atomic E-state index is 5.35. The highest BCUT2D eigenvalue weighted by Gasteiger charge is 2.21. The lowest BCUT2D eigenvalue weighted by atomic mass is 9.97. The monoisotopic (exact) mass is 395 g/mol. The lowest BCUT2D eigenvalue weighted by Gasteiger charge is -2.09. The first-order chi connectivity index (χ1) is 14.8. The van der Waals surface area contributed by atoms with Crippen LogP contribution in [0.25, 0.3) is 44.7 Å². The fraction of sp³-hybridized carbons (Fsp3) is 0.0800. The fourth-order valence-corrected chi connectivity index (χ4v) is 3.82. The van der Waals surface area contributed by atoms with Crippen molar-refractivity contribution in [2.75, 3.05) is 14.2 Å². The van der Waals surface area contributed by atoms with Gasteiger partial charge in [0, 0.05) is 11.1 Å². The van der Waals surface area contributed by atoms with Crippen LogP contribution < -0.4 is 9.47 Å². The number of rotatable bonds is 5. The predicted octanol–water partition coefficient (Wildman–Crippen LogP) is 5.91. The Balaban J connectivity index is 1.77. The van der Waals surface area contributed by atoms with Gasteiger partial charge in [0.25, 0.3) is 0 Å². The van der Waals surface area contributed by atoms with Crippen LogP contribution in [-0.2, 0) is 0 Å².